The lowest BCUT2D eigenvalue weighted by Gasteiger charge is -2.14. The van der Waals surface area contributed by atoms with Gasteiger partial charge in [0.25, 0.3) is 0 Å². The molecule has 9 heteroatoms. The van der Waals surface area contributed by atoms with Crippen LogP contribution < -0.4 is 16.2 Å². The number of primary sulfonamides is 1. The average molecular weight is 311 g/mol. The third-order valence-electron chi connectivity index (χ3n) is 2.64. The molecule has 0 heterocycles. The number of hydrogen-bond donors (Lipinski definition) is 3. The SMILES string of the molecule is Cc1c(NCCCC(F)(F)F)cc(N)cc1S(N)(=O)=O. The molecule has 0 unspecified atom stereocenters. The van der Waals surface area contributed by atoms with Gasteiger partial charge >= 0.3 is 6.18 Å². The van der Waals surface area contributed by atoms with Gasteiger partial charge in [-0.25, -0.2) is 13.6 Å². The van der Waals surface area contributed by atoms with Crippen LogP contribution in [0.1, 0.15) is 18.4 Å². The second kappa shape index (κ2) is 5.88. The molecule has 0 saturated heterocycles. The van der Waals surface area contributed by atoms with Gasteiger partial charge in [-0.2, -0.15) is 13.2 Å². The van der Waals surface area contributed by atoms with Crippen molar-refractivity contribution in [1.82, 2.24) is 0 Å². The lowest BCUT2D eigenvalue weighted by atomic mass is 10.1. The Morgan fingerprint density at radius 1 is 1.30 bits per heavy atom. The van der Waals surface area contributed by atoms with Crippen LogP contribution in [-0.2, 0) is 10.0 Å². The van der Waals surface area contributed by atoms with Crippen LogP contribution in [0.5, 0.6) is 0 Å². The van der Waals surface area contributed by atoms with Crippen molar-refractivity contribution in [2.24, 2.45) is 5.14 Å². The van der Waals surface area contributed by atoms with E-state index < -0.39 is 22.6 Å². The van der Waals surface area contributed by atoms with Crippen LogP contribution in [0, 0.1) is 6.92 Å². The van der Waals surface area contributed by atoms with Crippen molar-refractivity contribution >= 4 is 21.4 Å². The molecule has 5 nitrogen and oxygen atoms in total. The van der Waals surface area contributed by atoms with Crippen molar-refractivity contribution in [1.29, 1.82) is 0 Å². The van der Waals surface area contributed by atoms with Gasteiger partial charge in [-0.15, -0.1) is 0 Å². The van der Waals surface area contributed by atoms with Crippen molar-refractivity contribution in [2.75, 3.05) is 17.6 Å². The Balaban J connectivity index is 2.84. The molecule has 0 amide bonds. The molecule has 0 aliphatic carbocycles. The van der Waals surface area contributed by atoms with Crippen LogP contribution in [0.25, 0.3) is 0 Å². The van der Waals surface area contributed by atoms with E-state index in [2.05, 4.69) is 5.32 Å². The minimum atomic E-state index is -4.21. The van der Waals surface area contributed by atoms with E-state index in [0.29, 0.717) is 11.3 Å². The van der Waals surface area contributed by atoms with Gasteiger partial charge in [0.15, 0.2) is 0 Å². The number of nitrogens with one attached hydrogen (secondary N) is 1. The zero-order valence-electron chi connectivity index (χ0n) is 10.8. The number of anilines is 2. The summed E-state index contributed by atoms with van der Waals surface area (Å²) in [5, 5.41) is 7.79. The van der Waals surface area contributed by atoms with Crippen LogP contribution in [0.15, 0.2) is 17.0 Å². The van der Waals surface area contributed by atoms with E-state index in [9.17, 15) is 21.6 Å². The number of alkyl halides is 3. The highest BCUT2D eigenvalue weighted by Gasteiger charge is 2.26. The molecule has 0 aromatic heterocycles. The first-order valence-corrected chi connectivity index (χ1v) is 7.29. The predicted octanol–water partition coefficient (Wildman–Crippen LogP) is 1.98. The molecular formula is C11H16F3N3O2S. The van der Waals surface area contributed by atoms with E-state index in [-0.39, 0.29) is 23.5 Å². The summed E-state index contributed by atoms with van der Waals surface area (Å²) in [4.78, 5) is -0.143. The minimum absolute atomic E-state index is 0.0495. The molecule has 0 aliphatic heterocycles. The normalized spacial score (nSPS) is 12.4. The van der Waals surface area contributed by atoms with Gasteiger partial charge in [0.05, 0.1) is 4.90 Å². The van der Waals surface area contributed by atoms with Crippen molar-refractivity contribution in [2.45, 2.75) is 30.8 Å². The maximum atomic E-state index is 12.0. The molecule has 0 aliphatic rings. The van der Waals surface area contributed by atoms with Gasteiger partial charge in [0.1, 0.15) is 0 Å². The lowest BCUT2D eigenvalue weighted by molar-refractivity contribution is -0.134. The molecular weight excluding hydrogens is 295 g/mol. The molecule has 0 bridgehead atoms. The van der Waals surface area contributed by atoms with Crippen LogP contribution in [0.3, 0.4) is 0 Å². The van der Waals surface area contributed by atoms with Crippen molar-refractivity contribution in [3.8, 4) is 0 Å². The zero-order valence-corrected chi connectivity index (χ0v) is 11.6. The molecule has 0 atom stereocenters. The highest BCUT2D eigenvalue weighted by molar-refractivity contribution is 7.89. The molecule has 20 heavy (non-hydrogen) atoms. The van der Waals surface area contributed by atoms with Crippen LogP contribution >= 0.6 is 0 Å². The van der Waals surface area contributed by atoms with Gasteiger partial charge in [0, 0.05) is 24.3 Å². The molecule has 1 aromatic rings. The van der Waals surface area contributed by atoms with E-state index in [4.69, 9.17) is 10.9 Å². The summed E-state index contributed by atoms with van der Waals surface area (Å²) < 4.78 is 58.7. The first-order chi connectivity index (χ1) is 9.00. The number of nitrogens with two attached hydrogens (primary N) is 2. The van der Waals surface area contributed by atoms with Gasteiger partial charge in [-0.1, -0.05) is 0 Å². The van der Waals surface area contributed by atoms with Crippen molar-refractivity contribution in [3.05, 3.63) is 17.7 Å². The van der Waals surface area contributed by atoms with Gasteiger partial charge in [-0.05, 0) is 31.0 Å². The van der Waals surface area contributed by atoms with Crippen LogP contribution in [0.4, 0.5) is 24.5 Å². The number of benzene rings is 1. The predicted molar refractivity (Wildman–Crippen MR) is 70.7 cm³/mol. The minimum Gasteiger partial charge on any atom is -0.399 e. The third-order valence-corrected chi connectivity index (χ3v) is 3.68. The molecule has 5 N–H and O–H groups in total. The highest BCUT2D eigenvalue weighted by Crippen LogP contribution is 2.26. The Morgan fingerprint density at radius 3 is 2.40 bits per heavy atom. The Morgan fingerprint density at radius 2 is 1.90 bits per heavy atom. The van der Waals surface area contributed by atoms with Gasteiger partial charge < -0.3 is 11.1 Å². The molecule has 0 fully saturated rings. The molecule has 0 spiro atoms. The fraction of sp³-hybridized carbons (Fsp3) is 0.455. The van der Waals surface area contributed by atoms with E-state index >= 15 is 0 Å². The number of halogens is 3. The maximum absolute atomic E-state index is 12.0. The highest BCUT2D eigenvalue weighted by atomic mass is 32.2. The van der Waals surface area contributed by atoms with Crippen LogP contribution in [-0.4, -0.2) is 21.1 Å². The second-order valence-electron chi connectivity index (χ2n) is 4.38. The number of nitrogen functional groups attached to an aromatic ring is 1. The number of sulfonamides is 1. The molecule has 114 valence electrons. The summed E-state index contributed by atoms with van der Waals surface area (Å²) in [5.41, 5.74) is 6.41. The van der Waals surface area contributed by atoms with E-state index in [1.165, 1.54) is 19.1 Å². The average Bonchev–Trinajstić information content (AvgIpc) is 2.25. The molecule has 1 rings (SSSR count). The molecule has 1 aromatic carbocycles. The fourth-order valence-electron chi connectivity index (χ4n) is 1.70. The maximum Gasteiger partial charge on any atom is 0.389 e. The topological polar surface area (TPSA) is 98.2 Å². The zero-order chi connectivity index (χ0) is 15.6. The number of hydrogen-bond acceptors (Lipinski definition) is 4. The van der Waals surface area contributed by atoms with E-state index in [1.807, 2.05) is 0 Å². The third kappa shape index (κ3) is 4.89. The van der Waals surface area contributed by atoms with Gasteiger partial charge in [0.2, 0.25) is 10.0 Å². The van der Waals surface area contributed by atoms with Gasteiger partial charge in [-0.3, -0.25) is 0 Å². The monoisotopic (exact) mass is 311 g/mol. The number of rotatable bonds is 5. The van der Waals surface area contributed by atoms with E-state index in [1.54, 1.807) is 0 Å². The molecule has 0 saturated carbocycles. The second-order valence-corrected chi connectivity index (χ2v) is 5.91. The summed E-state index contributed by atoms with van der Waals surface area (Å²) in [5.74, 6) is 0. The quantitative estimate of drug-likeness (QED) is 0.572. The molecule has 0 radical (unpaired) electrons. The summed E-state index contributed by atoms with van der Waals surface area (Å²) in [6, 6.07) is 2.67. The smallest absolute Gasteiger partial charge is 0.389 e. The summed E-state index contributed by atoms with van der Waals surface area (Å²) in [6.07, 6.45) is -5.25. The van der Waals surface area contributed by atoms with Crippen molar-refractivity contribution < 1.29 is 21.6 Å². The summed E-state index contributed by atoms with van der Waals surface area (Å²) >= 11 is 0. The Bertz CT molecular complexity index is 585. The Labute approximate surface area is 115 Å². The van der Waals surface area contributed by atoms with Crippen molar-refractivity contribution in [3.63, 3.8) is 0 Å². The Kier molecular flexibility index (Phi) is 4.87. The lowest BCUT2D eigenvalue weighted by Crippen LogP contribution is -2.16. The first-order valence-electron chi connectivity index (χ1n) is 5.74. The largest absolute Gasteiger partial charge is 0.399 e. The van der Waals surface area contributed by atoms with Crippen LogP contribution in [0.2, 0.25) is 0 Å². The van der Waals surface area contributed by atoms with E-state index in [0.717, 1.165) is 0 Å². The standard InChI is InChI=1S/C11H16F3N3O2S/c1-7-9(17-4-2-3-11(12,13)14)5-8(15)6-10(7)20(16,18)19/h5-6,17H,2-4,15H2,1H3,(H2,16,18,19). The summed E-state index contributed by atoms with van der Waals surface area (Å²) in [7, 11) is -3.93. The fourth-order valence-corrected chi connectivity index (χ4v) is 2.54. The Hall–Kier alpha value is -1.48. The summed E-state index contributed by atoms with van der Waals surface area (Å²) in [6.45, 7) is 1.55. The first kappa shape index (κ1) is 16.6.